The number of nitrogens with one attached hydrogen (secondary N) is 1. The van der Waals surface area contributed by atoms with Crippen LogP contribution in [0, 0.1) is 0 Å². The zero-order valence-corrected chi connectivity index (χ0v) is 9.16. The molecule has 0 radical (unpaired) electrons. The summed E-state index contributed by atoms with van der Waals surface area (Å²) in [6, 6.07) is 0. The predicted molar refractivity (Wildman–Crippen MR) is 53.2 cm³/mol. The Balaban J connectivity index is 3.42. The molecule has 0 saturated carbocycles. The Morgan fingerprint density at radius 3 is 2.36 bits per heavy atom. The van der Waals surface area contributed by atoms with Crippen LogP contribution in [0.1, 0.15) is 6.92 Å². The second-order valence-corrected chi connectivity index (χ2v) is 2.86. The summed E-state index contributed by atoms with van der Waals surface area (Å²) in [6.45, 7) is 3.79. The van der Waals surface area contributed by atoms with Gasteiger partial charge in [-0.05, 0) is 14.0 Å². The van der Waals surface area contributed by atoms with Gasteiger partial charge in [-0.1, -0.05) is 0 Å². The van der Waals surface area contributed by atoms with Crippen molar-refractivity contribution in [3.63, 3.8) is 0 Å². The molecule has 0 spiro atoms. The van der Waals surface area contributed by atoms with Crippen LogP contribution in [0.4, 0.5) is 0 Å². The summed E-state index contributed by atoms with van der Waals surface area (Å²) in [6.07, 6.45) is -0.696. The van der Waals surface area contributed by atoms with Crippen molar-refractivity contribution in [3.05, 3.63) is 0 Å². The summed E-state index contributed by atoms with van der Waals surface area (Å²) in [5.41, 5.74) is 0. The first-order valence-corrected chi connectivity index (χ1v) is 4.78. The molecule has 2 unspecified atom stereocenters. The molecule has 0 aromatic heterocycles. The van der Waals surface area contributed by atoms with Gasteiger partial charge in [-0.15, -0.1) is 0 Å². The molecule has 86 valence electrons. The van der Waals surface area contributed by atoms with Gasteiger partial charge in [-0.2, -0.15) is 0 Å². The van der Waals surface area contributed by atoms with E-state index in [1.807, 2.05) is 6.92 Å². The molecule has 2 atom stereocenters. The van der Waals surface area contributed by atoms with Crippen LogP contribution in [-0.2, 0) is 14.2 Å². The highest BCUT2D eigenvalue weighted by Crippen LogP contribution is 1.93. The molecule has 0 aliphatic rings. The maximum absolute atomic E-state index is 9.11. The smallest absolute Gasteiger partial charge is 0.128 e. The van der Waals surface area contributed by atoms with Gasteiger partial charge in [0.1, 0.15) is 12.3 Å². The van der Waals surface area contributed by atoms with E-state index >= 15 is 0 Å². The Morgan fingerprint density at radius 1 is 1.21 bits per heavy atom. The fraction of sp³-hybridized carbons (Fsp3) is 1.00. The molecule has 5 heteroatoms. The lowest BCUT2D eigenvalue weighted by Gasteiger charge is -2.16. The molecule has 2 N–H and O–H groups in total. The number of rotatable bonds is 9. The summed E-state index contributed by atoms with van der Waals surface area (Å²) in [5.74, 6) is 0. The zero-order chi connectivity index (χ0) is 10.8. The largest absolute Gasteiger partial charge is 0.379 e. The Hall–Kier alpha value is -0.200. The molecule has 0 bridgehead atoms. The molecule has 0 aliphatic heterocycles. The van der Waals surface area contributed by atoms with Crippen LogP contribution in [0.3, 0.4) is 0 Å². The standard InChI is InChI=1S/C9H21NO4/c1-4-13-5-8(12-3)6-14-7-9(11)10-2/h8-11H,4-7H2,1-3H3. The van der Waals surface area contributed by atoms with E-state index in [-0.39, 0.29) is 12.7 Å². The second kappa shape index (κ2) is 9.36. The van der Waals surface area contributed by atoms with E-state index in [9.17, 15) is 0 Å². The Bertz CT molecular complexity index is 123. The van der Waals surface area contributed by atoms with Crippen molar-refractivity contribution in [1.29, 1.82) is 0 Å². The van der Waals surface area contributed by atoms with Crippen LogP contribution in [-0.4, -0.2) is 58.0 Å². The fourth-order valence-electron chi connectivity index (χ4n) is 0.828. The first-order valence-electron chi connectivity index (χ1n) is 4.78. The van der Waals surface area contributed by atoms with Crippen molar-refractivity contribution in [2.75, 3.05) is 40.6 Å². The predicted octanol–water partition coefficient (Wildman–Crippen LogP) is -0.408. The highest BCUT2D eigenvalue weighted by Gasteiger charge is 2.08. The molecule has 14 heavy (non-hydrogen) atoms. The van der Waals surface area contributed by atoms with E-state index < -0.39 is 6.23 Å². The molecule has 0 rings (SSSR count). The topological polar surface area (TPSA) is 60.0 Å². The van der Waals surface area contributed by atoms with Gasteiger partial charge in [-0.25, -0.2) is 0 Å². The molecule has 0 fully saturated rings. The van der Waals surface area contributed by atoms with Crippen LogP contribution >= 0.6 is 0 Å². The molecule has 0 aromatic carbocycles. The first-order chi connectivity index (χ1) is 6.74. The number of aliphatic hydroxyl groups excluding tert-OH is 1. The van der Waals surface area contributed by atoms with Crippen LogP contribution in [0.25, 0.3) is 0 Å². The lowest BCUT2D eigenvalue weighted by atomic mass is 10.4. The molecule has 0 heterocycles. The van der Waals surface area contributed by atoms with Crippen molar-refractivity contribution in [2.45, 2.75) is 19.3 Å². The molecule has 0 aliphatic carbocycles. The second-order valence-electron chi connectivity index (χ2n) is 2.86. The molecular formula is C9H21NO4. The average molecular weight is 207 g/mol. The van der Waals surface area contributed by atoms with Gasteiger partial charge in [0.25, 0.3) is 0 Å². The number of likely N-dealkylation sites (N-methyl/N-ethyl adjacent to an activating group) is 1. The quantitative estimate of drug-likeness (QED) is 0.503. The van der Waals surface area contributed by atoms with Gasteiger partial charge < -0.3 is 19.3 Å². The summed E-state index contributed by atoms with van der Waals surface area (Å²) in [7, 11) is 3.28. The lowest BCUT2D eigenvalue weighted by Crippen LogP contribution is -2.32. The normalized spacial score (nSPS) is 15.4. The minimum absolute atomic E-state index is 0.0704. The van der Waals surface area contributed by atoms with E-state index in [0.29, 0.717) is 19.8 Å². The number of hydrogen-bond donors (Lipinski definition) is 2. The highest BCUT2D eigenvalue weighted by atomic mass is 16.6. The van der Waals surface area contributed by atoms with Crippen molar-refractivity contribution >= 4 is 0 Å². The first kappa shape index (κ1) is 13.8. The number of aliphatic hydroxyl groups is 1. The van der Waals surface area contributed by atoms with Gasteiger partial charge in [0.05, 0.1) is 19.8 Å². The van der Waals surface area contributed by atoms with Crippen LogP contribution < -0.4 is 5.32 Å². The monoisotopic (exact) mass is 207 g/mol. The Labute approximate surface area is 85.3 Å². The van der Waals surface area contributed by atoms with Crippen molar-refractivity contribution in [3.8, 4) is 0 Å². The number of hydrogen-bond acceptors (Lipinski definition) is 5. The Kier molecular flexibility index (Phi) is 9.23. The highest BCUT2D eigenvalue weighted by molar-refractivity contribution is 4.55. The molecule has 0 saturated heterocycles. The number of ether oxygens (including phenoxy) is 3. The van der Waals surface area contributed by atoms with Gasteiger partial charge in [0.15, 0.2) is 0 Å². The minimum atomic E-state index is -0.625. The van der Waals surface area contributed by atoms with E-state index in [4.69, 9.17) is 19.3 Å². The summed E-state index contributed by atoms with van der Waals surface area (Å²) >= 11 is 0. The maximum Gasteiger partial charge on any atom is 0.128 e. The average Bonchev–Trinajstić information content (AvgIpc) is 2.22. The molecule has 0 aromatic rings. The molecular weight excluding hydrogens is 186 g/mol. The van der Waals surface area contributed by atoms with Crippen LogP contribution in [0.2, 0.25) is 0 Å². The molecule has 5 nitrogen and oxygen atoms in total. The summed E-state index contributed by atoms with van der Waals surface area (Å²) < 4.78 is 15.5. The SMILES string of the molecule is CCOCC(COCC(O)NC)OC. The summed E-state index contributed by atoms with van der Waals surface area (Å²) in [5, 5.41) is 11.8. The van der Waals surface area contributed by atoms with Crippen molar-refractivity contribution in [1.82, 2.24) is 5.32 Å². The van der Waals surface area contributed by atoms with Gasteiger partial charge >= 0.3 is 0 Å². The van der Waals surface area contributed by atoms with E-state index in [1.54, 1.807) is 14.2 Å². The van der Waals surface area contributed by atoms with Gasteiger partial charge in [0.2, 0.25) is 0 Å². The van der Waals surface area contributed by atoms with Crippen molar-refractivity contribution < 1.29 is 19.3 Å². The third-order valence-corrected chi connectivity index (χ3v) is 1.75. The van der Waals surface area contributed by atoms with Gasteiger partial charge in [0, 0.05) is 13.7 Å². The van der Waals surface area contributed by atoms with E-state index in [2.05, 4.69) is 5.32 Å². The number of methoxy groups -OCH3 is 1. The maximum atomic E-state index is 9.11. The molecule has 0 amide bonds. The van der Waals surface area contributed by atoms with E-state index in [0.717, 1.165) is 0 Å². The minimum Gasteiger partial charge on any atom is -0.379 e. The Morgan fingerprint density at radius 2 is 1.86 bits per heavy atom. The zero-order valence-electron chi connectivity index (χ0n) is 9.16. The third kappa shape index (κ3) is 7.23. The fourth-order valence-corrected chi connectivity index (χ4v) is 0.828. The third-order valence-electron chi connectivity index (χ3n) is 1.75. The van der Waals surface area contributed by atoms with E-state index in [1.165, 1.54) is 0 Å². The lowest BCUT2D eigenvalue weighted by molar-refractivity contribution is -0.0579. The van der Waals surface area contributed by atoms with Gasteiger partial charge in [-0.3, -0.25) is 5.32 Å². The van der Waals surface area contributed by atoms with Crippen LogP contribution in [0.15, 0.2) is 0 Å². The summed E-state index contributed by atoms with van der Waals surface area (Å²) in [4.78, 5) is 0. The van der Waals surface area contributed by atoms with Crippen molar-refractivity contribution in [2.24, 2.45) is 0 Å². The van der Waals surface area contributed by atoms with Crippen LogP contribution in [0.5, 0.6) is 0 Å².